The van der Waals surface area contributed by atoms with Crippen LogP contribution in [0.25, 0.3) is 0 Å². The second-order valence-electron chi connectivity index (χ2n) is 7.85. The van der Waals surface area contributed by atoms with Crippen molar-refractivity contribution in [3.8, 4) is 0 Å². The zero-order valence-electron chi connectivity index (χ0n) is 15.1. The lowest BCUT2D eigenvalue weighted by Gasteiger charge is -2.32. The van der Waals surface area contributed by atoms with Gasteiger partial charge in [-0.3, -0.25) is 0 Å². The highest BCUT2D eigenvalue weighted by molar-refractivity contribution is 6.62. The molecule has 1 unspecified atom stereocenters. The van der Waals surface area contributed by atoms with E-state index in [1.807, 2.05) is 27.7 Å². The highest BCUT2D eigenvalue weighted by atomic mass is 19.4. The standard InChI is InChI=1S/C18H24BF3O3/c1-16(2)17(3,4)25-19(24-16)15-10-12(13-6-5-9-23-11-13)7-8-14(15)18(20,21)22/h7-8,10,13H,5-6,9,11H2,1-4H3. The number of hydrogen-bond donors (Lipinski definition) is 0. The maximum atomic E-state index is 13.5. The average molecular weight is 356 g/mol. The zero-order chi connectivity index (χ0) is 18.5. The molecule has 2 saturated heterocycles. The van der Waals surface area contributed by atoms with Crippen molar-refractivity contribution in [1.29, 1.82) is 0 Å². The quantitative estimate of drug-likeness (QED) is 0.753. The maximum Gasteiger partial charge on any atom is 0.495 e. The van der Waals surface area contributed by atoms with E-state index in [4.69, 9.17) is 14.0 Å². The maximum absolute atomic E-state index is 13.5. The number of halogens is 3. The van der Waals surface area contributed by atoms with Crippen LogP contribution < -0.4 is 5.46 Å². The predicted octanol–water partition coefficient (Wildman–Crippen LogP) is 3.90. The molecule has 138 valence electrons. The summed E-state index contributed by atoms with van der Waals surface area (Å²) in [7, 11) is -1.04. The fraction of sp³-hybridized carbons (Fsp3) is 0.667. The van der Waals surface area contributed by atoms with Crippen molar-refractivity contribution in [3.63, 3.8) is 0 Å². The molecule has 25 heavy (non-hydrogen) atoms. The Bertz CT molecular complexity index is 621. The fourth-order valence-electron chi connectivity index (χ4n) is 3.26. The van der Waals surface area contributed by atoms with Crippen molar-refractivity contribution in [2.75, 3.05) is 13.2 Å². The molecule has 2 aliphatic rings. The van der Waals surface area contributed by atoms with Crippen LogP contribution in [0.3, 0.4) is 0 Å². The van der Waals surface area contributed by atoms with Gasteiger partial charge in [0.1, 0.15) is 0 Å². The summed E-state index contributed by atoms with van der Waals surface area (Å²) in [4.78, 5) is 0. The van der Waals surface area contributed by atoms with Crippen LogP contribution in [-0.2, 0) is 20.2 Å². The van der Waals surface area contributed by atoms with Gasteiger partial charge in [-0.05, 0) is 51.6 Å². The lowest BCUT2D eigenvalue weighted by molar-refractivity contribution is -0.136. The van der Waals surface area contributed by atoms with E-state index in [0.717, 1.165) is 24.5 Å². The van der Waals surface area contributed by atoms with E-state index < -0.39 is 30.1 Å². The van der Waals surface area contributed by atoms with Crippen LogP contribution in [0.1, 0.15) is 57.6 Å². The monoisotopic (exact) mass is 356 g/mol. The van der Waals surface area contributed by atoms with Gasteiger partial charge in [0.05, 0.1) is 23.4 Å². The topological polar surface area (TPSA) is 27.7 Å². The molecular weight excluding hydrogens is 332 g/mol. The number of rotatable bonds is 2. The molecule has 2 heterocycles. The normalized spacial score (nSPS) is 26.0. The summed E-state index contributed by atoms with van der Waals surface area (Å²) in [5, 5.41) is 0. The number of hydrogen-bond acceptors (Lipinski definition) is 3. The van der Waals surface area contributed by atoms with E-state index in [2.05, 4.69) is 0 Å². The molecule has 0 amide bonds. The molecule has 0 aromatic heterocycles. The molecule has 1 atom stereocenters. The van der Waals surface area contributed by atoms with E-state index in [0.29, 0.717) is 13.2 Å². The van der Waals surface area contributed by atoms with Crippen molar-refractivity contribution in [1.82, 2.24) is 0 Å². The third kappa shape index (κ3) is 3.59. The Morgan fingerprint density at radius 1 is 1.08 bits per heavy atom. The summed E-state index contributed by atoms with van der Waals surface area (Å²) >= 11 is 0. The third-order valence-electron chi connectivity index (χ3n) is 5.52. The Labute approximate surface area is 147 Å². The Kier molecular flexibility index (Phi) is 4.71. The molecule has 3 nitrogen and oxygen atoms in total. The van der Waals surface area contributed by atoms with Gasteiger partial charge in [0.25, 0.3) is 0 Å². The zero-order valence-corrected chi connectivity index (χ0v) is 15.1. The molecular formula is C18H24BF3O3. The van der Waals surface area contributed by atoms with Crippen molar-refractivity contribution in [2.45, 2.75) is 63.8 Å². The van der Waals surface area contributed by atoms with Gasteiger partial charge in [-0.2, -0.15) is 13.2 Å². The van der Waals surface area contributed by atoms with Crippen molar-refractivity contribution < 1.29 is 27.2 Å². The predicted molar refractivity (Wildman–Crippen MR) is 90.0 cm³/mol. The smallest absolute Gasteiger partial charge is 0.399 e. The Balaban J connectivity index is 2.00. The van der Waals surface area contributed by atoms with Crippen LogP contribution in [0.15, 0.2) is 18.2 Å². The summed E-state index contributed by atoms with van der Waals surface area (Å²) in [5.41, 5.74) is -1.19. The lowest BCUT2D eigenvalue weighted by Crippen LogP contribution is -2.41. The van der Waals surface area contributed by atoms with E-state index in [-0.39, 0.29) is 11.4 Å². The Morgan fingerprint density at radius 3 is 2.24 bits per heavy atom. The molecule has 0 radical (unpaired) electrons. The van der Waals surface area contributed by atoms with Crippen LogP contribution in [-0.4, -0.2) is 31.5 Å². The first-order chi connectivity index (χ1) is 11.5. The van der Waals surface area contributed by atoms with Crippen LogP contribution in [0.2, 0.25) is 0 Å². The highest BCUT2D eigenvalue weighted by Crippen LogP contribution is 2.38. The molecule has 0 N–H and O–H groups in total. The van der Waals surface area contributed by atoms with Crippen LogP contribution in [0, 0.1) is 0 Å². The Hall–Kier alpha value is -1.05. The molecule has 1 aromatic carbocycles. The lowest BCUT2D eigenvalue weighted by atomic mass is 9.73. The minimum Gasteiger partial charge on any atom is -0.399 e. The largest absolute Gasteiger partial charge is 0.495 e. The third-order valence-corrected chi connectivity index (χ3v) is 5.52. The van der Waals surface area contributed by atoms with Crippen molar-refractivity contribution in [3.05, 3.63) is 29.3 Å². The fourth-order valence-corrected chi connectivity index (χ4v) is 3.26. The Morgan fingerprint density at radius 2 is 1.72 bits per heavy atom. The molecule has 1 aromatic rings. The summed E-state index contributed by atoms with van der Waals surface area (Å²) < 4.78 is 57.8. The molecule has 3 rings (SSSR count). The first-order valence-corrected chi connectivity index (χ1v) is 8.66. The molecule has 0 aliphatic carbocycles. The summed E-state index contributed by atoms with van der Waals surface area (Å²) in [6.45, 7) is 8.58. The molecule has 0 saturated carbocycles. The van der Waals surface area contributed by atoms with Crippen LogP contribution >= 0.6 is 0 Å². The molecule has 7 heteroatoms. The minimum absolute atomic E-state index is 0.0502. The molecule has 0 bridgehead atoms. The first kappa shape index (κ1) is 18.7. The van der Waals surface area contributed by atoms with E-state index in [1.165, 1.54) is 0 Å². The van der Waals surface area contributed by atoms with Gasteiger partial charge in [-0.1, -0.05) is 18.2 Å². The molecule has 0 spiro atoms. The number of benzene rings is 1. The first-order valence-electron chi connectivity index (χ1n) is 8.66. The van der Waals surface area contributed by atoms with Crippen LogP contribution in [0.4, 0.5) is 13.2 Å². The second-order valence-corrected chi connectivity index (χ2v) is 7.85. The van der Waals surface area contributed by atoms with Crippen LogP contribution in [0.5, 0.6) is 0 Å². The average Bonchev–Trinajstić information content (AvgIpc) is 2.75. The van der Waals surface area contributed by atoms with Gasteiger partial charge >= 0.3 is 13.3 Å². The van der Waals surface area contributed by atoms with Gasteiger partial charge in [0, 0.05) is 12.5 Å². The molecule has 2 aliphatic heterocycles. The highest BCUT2D eigenvalue weighted by Gasteiger charge is 2.53. The van der Waals surface area contributed by atoms with Gasteiger partial charge in [-0.25, -0.2) is 0 Å². The van der Waals surface area contributed by atoms with Gasteiger partial charge < -0.3 is 14.0 Å². The van der Waals surface area contributed by atoms with Gasteiger partial charge in [0.2, 0.25) is 0 Å². The van der Waals surface area contributed by atoms with Crippen molar-refractivity contribution in [2.24, 2.45) is 0 Å². The van der Waals surface area contributed by atoms with Gasteiger partial charge in [-0.15, -0.1) is 0 Å². The van der Waals surface area contributed by atoms with E-state index in [9.17, 15) is 13.2 Å². The summed E-state index contributed by atoms with van der Waals surface area (Å²) in [5.74, 6) is 0.109. The van der Waals surface area contributed by atoms with E-state index in [1.54, 1.807) is 12.1 Å². The van der Waals surface area contributed by atoms with Gasteiger partial charge in [0.15, 0.2) is 0 Å². The molecule has 2 fully saturated rings. The van der Waals surface area contributed by atoms with E-state index >= 15 is 0 Å². The number of alkyl halides is 3. The SMILES string of the molecule is CC1(C)OB(c2cc(C3CCCOC3)ccc2C(F)(F)F)OC1(C)C. The summed E-state index contributed by atoms with van der Waals surface area (Å²) in [6, 6.07) is 4.28. The second kappa shape index (κ2) is 6.29. The number of ether oxygens (including phenoxy) is 1. The summed E-state index contributed by atoms with van der Waals surface area (Å²) in [6.07, 6.45) is -2.63. The van der Waals surface area contributed by atoms with Crippen molar-refractivity contribution >= 4 is 12.6 Å². The minimum atomic E-state index is -4.46.